The highest BCUT2D eigenvalue weighted by molar-refractivity contribution is 5.78. The molecule has 110 valence electrons. The minimum Gasteiger partial charge on any atom is -0.456 e. The molecule has 1 unspecified atom stereocenters. The maximum absolute atomic E-state index is 13.5. The Kier molecular flexibility index (Phi) is 5.03. The number of benzene rings is 1. The molecule has 0 saturated carbocycles. The maximum Gasteiger partial charge on any atom is 0.261 e. The normalized spacial score (nSPS) is 13.2. The van der Waals surface area contributed by atoms with Crippen LogP contribution in [0.1, 0.15) is 18.2 Å². The summed E-state index contributed by atoms with van der Waals surface area (Å²) in [6, 6.07) is 6.23. The molecule has 0 bridgehead atoms. The van der Waals surface area contributed by atoms with E-state index in [9.17, 15) is 13.2 Å². The number of alkyl halides is 2. The van der Waals surface area contributed by atoms with Crippen molar-refractivity contribution in [3.05, 3.63) is 35.8 Å². The third-order valence-corrected chi connectivity index (χ3v) is 3.00. The van der Waals surface area contributed by atoms with Crippen molar-refractivity contribution in [2.24, 2.45) is 0 Å². The van der Waals surface area contributed by atoms with Crippen LogP contribution in [0.25, 0.3) is 11.0 Å². The summed E-state index contributed by atoms with van der Waals surface area (Å²) in [7, 11) is 1.72. The molecule has 1 atom stereocenters. The molecule has 0 fully saturated rings. The molecule has 3 nitrogen and oxygen atoms in total. The number of hydrogen-bond donors (Lipinski definition) is 1. The highest BCUT2D eigenvalue weighted by Gasteiger charge is 2.16. The topological polar surface area (TPSA) is 34.4 Å². The Labute approximate surface area is 114 Å². The van der Waals surface area contributed by atoms with Gasteiger partial charge in [-0.3, -0.25) is 0 Å². The van der Waals surface area contributed by atoms with Crippen LogP contribution in [0.5, 0.6) is 0 Å². The van der Waals surface area contributed by atoms with E-state index in [-0.39, 0.29) is 18.2 Å². The largest absolute Gasteiger partial charge is 0.456 e. The SMILES string of the molecule is CNC(CCOCC(F)F)c1cc2cccc(F)c2o1. The molecular weight excluding hydrogens is 271 g/mol. The van der Waals surface area contributed by atoms with Crippen molar-refractivity contribution < 1.29 is 22.3 Å². The molecule has 0 radical (unpaired) electrons. The molecule has 20 heavy (non-hydrogen) atoms. The lowest BCUT2D eigenvalue weighted by Gasteiger charge is -2.13. The van der Waals surface area contributed by atoms with Gasteiger partial charge in [0.2, 0.25) is 0 Å². The first kappa shape index (κ1) is 14.9. The van der Waals surface area contributed by atoms with Crippen molar-refractivity contribution in [2.75, 3.05) is 20.3 Å². The molecule has 0 amide bonds. The van der Waals surface area contributed by atoms with E-state index in [1.165, 1.54) is 6.07 Å². The Morgan fingerprint density at radius 1 is 1.35 bits per heavy atom. The lowest BCUT2D eigenvalue weighted by molar-refractivity contribution is 0.0141. The van der Waals surface area contributed by atoms with Crippen LogP contribution in [0.4, 0.5) is 13.2 Å². The van der Waals surface area contributed by atoms with E-state index in [4.69, 9.17) is 9.15 Å². The second-order valence-electron chi connectivity index (χ2n) is 4.40. The van der Waals surface area contributed by atoms with Crippen LogP contribution in [0.2, 0.25) is 0 Å². The first-order valence-corrected chi connectivity index (χ1v) is 6.33. The van der Waals surface area contributed by atoms with E-state index in [2.05, 4.69) is 5.32 Å². The summed E-state index contributed by atoms with van der Waals surface area (Å²) in [5.74, 6) is 0.144. The molecule has 0 aliphatic heterocycles. The van der Waals surface area contributed by atoms with Crippen LogP contribution in [0.3, 0.4) is 0 Å². The molecule has 1 aromatic heterocycles. The second-order valence-corrected chi connectivity index (χ2v) is 4.40. The van der Waals surface area contributed by atoms with Gasteiger partial charge in [0.15, 0.2) is 11.4 Å². The van der Waals surface area contributed by atoms with Crippen molar-refractivity contribution in [3.63, 3.8) is 0 Å². The van der Waals surface area contributed by atoms with Gasteiger partial charge in [-0.25, -0.2) is 13.2 Å². The van der Waals surface area contributed by atoms with Gasteiger partial charge in [0.05, 0.1) is 6.04 Å². The molecule has 2 rings (SSSR count). The fraction of sp³-hybridized carbons (Fsp3) is 0.429. The lowest BCUT2D eigenvalue weighted by atomic mass is 10.1. The standard InChI is InChI=1S/C14H16F3NO2/c1-18-11(5-6-19-8-13(16)17)12-7-9-3-2-4-10(15)14(9)20-12/h2-4,7,11,13,18H,5-6,8H2,1H3. The van der Waals surface area contributed by atoms with Gasteiger partial charge in [0, 0.05) is 12.0 Å². The lowest BCUT2D eigenvalue weighted by Crippen LogP contribution is -2.18. The predicted octanol–water partition coefficient (Wildman–Crippen LogP) is 3.50. The first-order chi connectivity index (χ1) is 9.61. The van der Waals surface area contributed by atoms with Gasteiger partial charge in [-0.15, -0.1) is 0 Å². The number of hydrogen-bond acceptors (Lipinski definition) is 3. The molecule has 0 aliphatic rings. The average Bonchev–Trinajstić information content (AvgIpc) is 2.84. The number of furan rings is 1. The van der Waals surface area contributed by atoms with Gasteiger partial charge in [-0.2, -0.15) is 0 Å². The zero-order valence-electron chi connectivity index (χ0n) is 11.0. The smallest absolute Gasteiger partial charge is 0.261 e. The summed E-state index contributed by atoms with van der Waals surface area (Å²) in [6.45, 7) is -0.402. The van der Waals surface area contributed by atoms with E-state index in [0.717, 1.165) is 0 Å². The summed E-state index contributed by atoms with van der Waals surface area (Å²) in [4.78, 5) is 0. The summed E-state index contributed by atoms with van der Waals surface area (Å²) in [6.07, 6.45) is -2.01. The quantitative estimate of drug-likeness (QED) is 0.791. The van der Waals surface area contributed by atoms with Gasteiger partial charge in [0.1, 0.15) is 12.4 Å². The monoisotopic (exact) mass is 287 g/mol. The Bertz CT molecular complexity index is 556. The van der Waals surface area contributed by atoms with Crippen LogP contribution in [-0.4, -0.2) is 26.7 Å². The fourth-order valence-corrected chi connectivity index (χ4v) is 2.02. The number of fused-ring (bicyclic) bond motifs is 1. The van der Waals surface area contributed by atoms with Crippen molar-refractivity contribution in [2.45, 2.75) is 18.9 Å². The zero-order chi connectivity index (χ0) is 14.5. The van der Waals surface area contributed by atoms with Crippen molar-refractivity contribution >= 4 is 11.0 Å². The summed E-state index contributed by atoms with van der Waals surface area (Å²) in [5, 5.41) is 3.68. The number of halogens is 3. The number of rotatable bonds is 7. The van der Waals surface area contributed by atoms with Gasteiger partial charge in [-0.05, 0) is 25.6 Å². The predicted molar refractivity (Wildman–Crippen MR) is 69.4 cm³/mol. The summed E-state index contributed by atoms with van der Waals surface area (Å²) in [5.41, 5.74) is 0.205. The Morgan fingerprint density at radius 3 is 2.80 bits per heavy atom. The Morgan fingerprint density at radius 2 is 2.15 bits per heavy atom. The maximum atomic E-state index is 13.5. The fourth-order valence-electron chi connectivity index (χ4n) is 2.02. The number of para-hydroxylation sites is 1. The molecule has 6 heteroatoms. The van der Waals surface area contributed by atoms with Crippen LogP contribution in [0.15, 0.2) is 28.7 Å². The molecule has 0 aliphatic carbocycles. The van der Waals surface area contributed by atoms with E-state index in [1.807, 2.05) is 0 Å². The van der Waals surface area contributed by atoms with Crippen LogP contribution >= 0.6 is 0 Å². The molecule has 0 saturated heterocycles. The molecule has 0 spiro atoms. The number of ether oxygens (including phenoxy) is 1. The Hall–Kier alpha value is -1.53. The van der Waals surface area contributed by atoms with E-state index in [1.54, 1.807) is 25.2 Å². The van der Waals surface area contributed by atoms with E-state index >= 15 is 0 Å². The zero-order valence-corrected chi connectivity index (χ0v) is 11.0. The molecular formula is C14H16F3NO2. The first-order valence-electron chi connectivity index (χ1n) is 6.33. The number of nitrogens with one attached hydrogen (secondary N) is 1. The highest BCUT2D eigenvalue weighted by atomic mass is 19.3. The van der Waals surface area contributed by atoms with Gasteiger partial charge < -0.3 is 14.5 Å². The highest BCUT2D eigenvalue weighted by Crippen LogP contribution is 2.27. The minimum atomic E-state index is -2.47. The molecule has 1 N–H and O–H groups in total. The van der Waals surface area contributed by atoms with Crippen molar-refractivity contribution in [1.29, 1.82) is 0 Å². The third-order valence-electron chi connectivity index (χ3n) is 3.00. The average molecular weight is 287 g/mol. The van der Waals surface area contributed by atoms with Crippen molar-refractivity contribution in [1.82, 2.24) is 5.32 Å². The minimum absolute atomic E-state index is 0.176. The van der Waals surface area contributed by atoms with Crippen LogP contribution in [0, 0.1) is 5.82 Å². The van der Waals surface area contributed by atoms with Gasteiger partial charge in [-0.1, -0.05) is 12.1 Å². The van der Waals surface area contributed by atoms with Gasteiger partial charge >= 0.3 is 0 Å². The summed E-state index contributed by atoms with van der Waals surface area (Å²) < 4.78 is 47.8. The van der Waals surface area contributed by atoms with Crippen molar-refractivity contribution in [3.8, 4) is 0 Å². The molecule has 1 heterocycles. The molecule has 1 aromatic carbocycles. The van der Waals surface area contributed by atoms with Gasteiger partial charge in [0.25, 0.3) is 6.43 Å². The molecule has 2 aromatic rings. The van der Waals surface area contributed by atoms with E-state index < -0.39 is 18.8 Å². The summed E-state index contributed by atoms with van der Waals surface area (Å²) >= 11 is 0. The van der Waals surface area contributed by atoms with E-state index in [0.29, 0.717) is 17.6 Å². The van der Waals surface area contributed by atoms with Crippen LogP contribution < -0.4 is 5.32 Å². The second kappa shape index (κ2) is 6.76. The van der Waals surface area contributed by atoms with Crippen LogP contribution in [-0.2, 0) is 4.74 Å². The Balaban J connectivity index is 2.04. The third kappa shape index (κ3) is 3.52.